The fraction of sp³-hybridized carbons (Fsp3) is 0.923. The Hall–Kier alpha value is -0.0800. The molecule has 0 spiro atoms. The maximum absolute atomic E-state index is 5.35. The molecule has 1 saturated heterocycles. The minimum absolute atomic E-state index is 0. The average molecular weight is 384 g/mol. The van der Waals surface area contributed by atoms with Crippen molar-refractivity contribution in [3.8, 4) is 0 Å². The van der Waals surface area contributed by atoms with Crippen LogP contribution in [-0.2, 0) is 4.74 Å². The predicted molar refractivity (Wildman–Crippen MR) is 91.5 cm³/mol. The van der Waals surface area contributed by atoms with E-state index in [1.165, 1.54) is 0 Å². The second-order valence-electron chi connectivity index (χ2n) is 4.90. The van der Waals surface area contributed by atoms with Crippen LogP contribution in [0.15, 0.2) is 4.99 Å². The van der Waals surface area contributed by atoms with E-state index < -0.39 is 0 Å². The number of morpholine rings is 1. The molecule has 0 aromatic heterocycles. The highest BCUT2D eigenvalue weighted by atomic mass is 127. The smallest absolute Gasteiger partial charge is 0.190 e. The second-order valence-corrected chi connectivity index (χ2v) is 4.90. The summed E-state index contributed by atoms with van der Waals surface area (Å²) in [6, 6.07) is 0. The molecule has 6 heteroatoms. The highest BCUT2D eigenvalue weighted by Gasteiger charge is 2.13. The van der Waals surface area contributed by atoms with E-state index in [0.717, 1.165) is 58.3 Å². The highest BCUT2D eigenvalue weighted by Crippen LogP contribution is 2.02. The Bertz CT molecular complexity index is 245. The van der Waals surface area contributed by atoms with Crippen molar-refractivity contribution in [3.05, 3.63) is 0 Å². The fourth-order valence-electron chi connectivity index (χ4n) is 2.02. The third-order valence-corrected chi connectivity index (χ3v) is 3.06. The molecular weight excluding hydrogens is 355 g/mol. The molecule has 2 N–H and O–H groups in total. The van der Waals surface area contributed by atoms with Crippen LogP contribution in [0.5, 0.6) is 0 Å². The molecule has 0 radical (unpaired) electrons. The molecule has 1 fully saturated rings. The summed E-state index contributed by atoms with van der Waals surface area (Å²) in [6.45, 7) is 11.4. The van der Waals surface area contributed by atoms with Crippen LogP contribution in [-0.4, -0.2) is 63.8 Å². The summed E-state index contributed by atoms with van der Waals surface area (Å²) in [6.07, 6.45) is 1.12. The molecule has 0 saturated carbocycles. The van der Waals surface area contributed by atoms with Gasteiger partial charge in [-0.15, -0.1) is 24.0 Å². The summed E-state index contributed by atoms with van der Waals surface area (Å²) in [7, 11) is 1.82. The number of aliphatic imine (C=N–C) groups is 1. The van der Waals surface area contributed by atoms with Crippen LogP contribution in [0.1, 0.15) is 20.3 Å². The van der Waals surface area contributed by atoms with E-state index in [9.17, 15) is 0 Å². The number of rotatable bonds is 6. The second kappa shape index (κ2) is 11.7. The van der Waals surface area contributed by atoms with Crippen LogP contribution in [0.4, 0.5) is 0 Å². The van der Waals surface area contributed by atoms with Crippen molar-refractivity contribution < 1.29 is 4.74 Å². The van der Waals surface area contributed by atoms with Gasteiger partial charge in [0.05, 0.1) is 13.2 Å². The summed E-state index contributed by atoms with van der Waals surface area (Å²) in [4.78, 5) is 6.68. The quantitative estimate of drug-likeness (QED) is 0.410. The monoisotopic (exact) mass is 384 g/mol. The van der Waals surface area contributed by atoms with Gasteiger partial charge in [0.1, 0.15) is 0 Å². The van der Waals surface area contributed by atoms with E-state index in [-0.39, 0.29) is 24.0 Å². The SMILES string of the molecule is CCCNC(=NC)NCC(C)CN1CCOCC1.I. The molecule has 114 valence electrons. The summed E-state index contributed by atoms with van der Waals surface area (Å²) >= 11 is 0. The van der Waals surface area contributed by atoms with E-state index in [0.29, 0.717) is 5.92 Å². The molecule has 1 atom stereocenters. The van der Waals surface area contributed by atoms with Gasteiger partial charge < -0.3 is 15.4 Å². The van der Waals surface area contributed by atoms with E-state index >= 15 is 0 Å². The molecule has 5 nitrogen and oxygen atoms in total. The van der Waals surface area contributed by atoms with Gasteiger partial charge in [0.15, 0.2) is 5.96 Å². The van der Waals surface area contributed by atoms with Crippen LogP contribution < -0.4 is 10.6 Å². The van der Waals surface area contributed by atoms with Gasteiger partial charge in [-0.25, -0.2) is 0 Å². The first-order chi connectivity index (χ1) is 8.76. The van der Waals surface area contributed by atoms with Crippen LogP contribution in [0.2, 0.25) is 0 Å². The molecule has 19 heavy (non-hydrogen) atoms. The molecule has 0 amide bonds. The predicted octanol–water partition coefficient (Wildman–Crippen LogP) is 1.15. The van der Waals surface area contributed by atoms with Gasteiger partial charge in [-0.3, -0.25) is 9.89 Å². The molecule has 0 aromatic rings. The number of guanidine groups is 1. The Morgan fingerprint density at radius 2 is 2.00 bits per heavy atom. The lowest BCUT2D eigenvalue weighted by molar-refractivity contribution is 0.0320. The third-order valence-electron chi connectivity index (χ3n) is 3.06. The van der Waals surface area contributed by atoms with Crippen LogP contribution in [0.3, 0.4) is 0 Å². The zero-order valence-electron chi connectivity index (χ0n) is 12.4. The standard InChI is InChI=1S/C13H28N4O.HI/c1-4-5-15-13(14-3)16-10-12(2)11-17-6-8-18-9-7-17;/h12H,4-11H2,1-3H3,(H2,14,15,16);1H. The van der Waals surface area contributed by atoms with Crippen molar-refractivity contribution in [3.63, 3.8) is 0 Å². The van der Waals surface area contributed by atoms with Gasteiger partial charge in [0.25, 0.3) is 0 Å². The van der Waals surface area contributed by atoms with Crippen molar-refractivity contribution in [2.75, 3.05) is 53.0 Å². The zero-order chi connectivity index (χ0) is 13.2. The minimum Gasteiger partial charge on any atom is -0.379 e. The molecular formula is C13H29IN4O. The summed E-state index contributed by atoms with van der Waals surface area (Å²) in [5, 5.41) is 6.66. The molecule has 0 aliphatic carbocycles. The number of ether oxygens (including phenoxy) is 1. The normalized spacial score (nSPS) is 18.6. The van der Waals surface area contributed by atoms with E-state index in [1.807, 2.05) is 7.05 Å². The molecule has 1 rings (SSSR count). The number of nitrogens with one attached hydrogen (secondary N) is 2. The van der Waals surface area contributed by atoms with E-state index in [1.54, 1.807) is 0 Å². The van der Waals surface area contributed by atoms with Crippen molar-refractivity contribution >= 4 is 29.9 Å². The Morgan fingerprint density at radius 3 is 2.58 bits per heavy atom. The maximum atomic E-state index is 5.35. The van der Waals surface area contributed by atoms with Crippen molar-refractivity contribution in [1.82, 2.24) is 15.5 Å². The molecule has 1 aliphatic rings. The van der Waals surface area contributed by atoms with Crippen LogP contribution in [0.25, 0.3) is 0 Å². The lowest BCUT2D eigenvalue weighted by atomic mass is 10.1. The van der Waals surface area contributed by atoms with Gasteiger partial charge in [0, 0.05) is 39.8 Å². The topological polar surface area (TPSA) is 48.9 Å². The van der Waals surface area contributed by atoms with Gasteiger partial charge in [0.2, 0.25) is 0 Å². The van der Waals surface area contributed by atoms with Crippen molar-refractivity contribution in [1.29, 1.82) is 0 Å². The lowest BCUT2D eigenvalue weighted by Crippen LogP contribution is -2.44. The number of hydrogen-bond donors (Lipinski definition) is 2. The Balaban J connectivity index is 0.00000324. The Labute approximate surface area is 134 Å². The van der Waals surface area contributed by atoms with E-state index in [4.69, 9.17) is 4.74 Å². The Kier molecular flexibility index (Phi) is 11.7. The first kappa shape index (κ1) is 18.9. The maximum Gasteiger partial charge on any atom is 0.190 e. The van der Waals surface area contributed by atoms with Crippen molar-refractivity contribution in [2.24, 2.45) is 10.9 Å². The molecule has 1 aliphatic heterocycles. The van der Waals surface area contributed by atoms with Gasteiger partial charge in [-0.2, -0.15) is 0 Å². The number of nitrogens with zero attached hydrogens (tertiary/aromatic N) is 2. The number of hydrogen-bond acceptors (Lipinski definition) is 3. The lowest BCUT2D eigenvalue weighted by Gasteiger charge is -2.29. The Morgan fingerprint density at radius 1 is 1.32 bits per heavy atom. The summed E-state index contributed by atoms with van der Waals surface area (Å²) in [5.41, 5.74) is 0. The highest BCUT2D eigenvalue weighted by molar-refractivity contribution is 14.0. The van der Waals surface area contributed by atoms with Gasteiger partial charge in [-0.05, 0) is 12.3 Å². The molecule has 0 aromatic carbocycles. The van der Waals surface area contributed by atoms with Crippen molar-refractivity contribution in [2.45, 2.75) is 20.3 Å². The average Bonchev–Trinajstić information content (AvgIpc) is 2.40. The first-order valence-corrected chi connectivity index (χ1v) is 7.00. The van der Waals surface area contributed by atoms with Crippen LogP contribution >= 0.6 is 24.0 Å². The molecule has 1 heterocycles. The molecule has 0 bridgehead atoms. The van der Waals surface area contributed by atoms with Gasteiger partial charge in [-0.1, -0.05) is 13.8 Å². The summed E-state index contributed by atoms with van der Waals surface area (Å²) < 4.78 is 5.35. The third kappa shape index (κ3) is 8.65. The zero-order valence-corrected chi connectivity index (χ0v) is 14.8. The molecule has 1 unspecified atom stereocenters. The fourth-order valence-corrected chi connectivity index (χ4v) is 2.02. The largest absolute Gasteiger partial charge is 0.379 e. The minimum atomic E-state index is 0. The first-order valence-electron chi connectivity index (χ1n) is 7.00. The van der Waals surface area contributed by atoms with Crippen LogP contribution in [0, 0.1) is 5.92 Å². The van der Waals surface area contributed by atoms with E-state index in [2.05, 4.69) is 34.4 Å². The number of halogens is 1. The van der Waals surface area contributed by atoms with Gasteiger partial charge >= 0.3 is 0 Å². The summed E-state index contributed by atoms with van der Waals surface area (Å²) in [5.74, 6) is 1.52.